The summed E-state index contributed by atoms with van der Waals surface area (Å²) in [6.45, 7) is 2.93. The van der Waals surface area contributed by atoms with Crippen LogP contribution in [-0.4, -0.2) is 33.7 Å². The molecule has 1 aliphatic heterocycles. The van der Waals surface area contributed by atoms with Crippen molar-refractivity contribution in [3.8, 4) is 5.75 Å². The number of carbonyl (C=O) groups is 1. The summed E-state index contributed by atoms with van der Waals surface area (Å²) in [6.07, 6.45) is 2.52. The van der Waals surface area contributed by atoms with E-state index < -0.39 is 0 Å². The first-order valence-corrected chi connectivity index (χ1v) is 8.67. The highest BCUT2D eigenvalue weighted by molar-refractivity contribution is 5.78. The van der Waals surface area contributed by atoms with E-state index in [0.29, 0.717) is 30.1 Å². The molecule has 0 saturated heterocycles. The molecular formula is C19H20N4O3. The number of aromatic amines is 1. The summed E-state index contributed by atoms with van der Waals surface area (Å²) in [5, 5.41) is 5.78. The van der Waals surface area contributed by atoms with E-state index in [1.165, 1.54) is 4.52 Å². The highest BCUT2D eigenvalue weighted by atomic mass is 16.5. The van der Waals surface area contributed by atoms with Gasteiger partial charge < -0.3 is 10.1 Å². The number of hydrogen-bond donors (Lipinski definition) is 2. The molecule has 26 heavy (non-hydrogen) atoms. The van der Waals surface area contributed by atoms with Gasteiger partial charge in [-0.15, -0.1) is 0 Å². The number of aryl methyl sites for hydroxylation is 1. The van der Waals surface area contributed by atoms with Crippen LogP contribution in [0.5, 0.6) is 5.75 Å². The number of ether oxygens (including phenoxy) is 1. The molecule has 0 fully saturated rings. The zero-order chi connectivity index (χ0) is 18.1. The SMILES string of the molecule is Cc1nc2cc[nH]n2c(=O)c1CC(=O)NCC1CCOc2ccccc21. The molecular weight excluding hydrogens is 332 g/mol. The molecule has 0 spiro atoms. The van der Waals surface area contributed by atoms with Crippen LogP contribution in [0.15, 0.2) is 41.3 Å². The maximum atomic E-state index is 12.5. The second-order valence-electron chi connectivity index (χ2n) is 6.49. The maximum Gasteiger partial charge on any atom is 0.276 e. The quantitative estimate of drug-likeness (QED) is 0.746. The van der Waals surface area contributed by atoms with Crippen molar-refractivity contribution in [3.63, 3.8) is 0 Å². The van der Waals surface area contributed by atoms with Crippen molar-refractivity contribution in [2.75, 3.05) is 13.2 Å². The van der Waals surface area contributed by atoms with Gasteiger partial charge in [-0.1, -0.05) is 18.2 Å². The van der Waals surface area contributed by atoms with Gasteiger partial charge in [0.15, 0.2) is 5.65 Å². The molecule has 1 amide bonds. The number of fused-ring (bicyclic) bond motifs is 2. The Kier molecular flexibility index (Phi) is 4.20. The molecule has 1 atom stereocenters. The van der Waals surface area contributed by atoms with Gasteiger partial charge in [-0.25, -0.2) is 9.50 Å². The first-order valence-electron chi connectivity index (χ1n) is 8.67. The Hall–Kier alpha value is -3.09. The molecule has 1 unspecified atom stereocenters. The first-order chi connectivity index (χ1) is 12.6. The molecule has 3 aromatic rings. The van der Waals surface area contributed by atoms with Gasteiger partial charge in [0.2, 0.25) is 5.91 Å². The van der Waals surface area contributed by atoms with E-state index in [0.717, 1.165) is 17.7 Å². The molecule has 7 heteroatoms. The van der Waals surface area contributed by atoms with Crippen molar-refractivity contribution in [2.45, 2.75) is 25.7 Å². The average Bonchev–Trinajstić information content (AvgIpc) is 3.12. The van der Waals surface area contributed by atoms with Gasteiger partial charge in [0, 0.05) is 36.0 Å². The second-order valence-corrected chi connectivity index (χ2v) is 6.49. The lowest BCUT2D eigenvalue weighted by Gasteiger charge is -2.26. The lowest BCUT2D eigenvalue weighted by Crippen LogP contribution is -2.34. The van der Waals surface area contributed by atoms with Crippen LogP contribution in [0, 0.1) is 6.92 Å². The lowest BCUT2D eigenvalue weighted by atomic mass is 9.93. The molecule has 3 heterocycles. The number of nitrogens with one attached hydrogen (secondary N) is 2. The number of aromatic nitrogens is 3. The highest BCUT2D eigenvalue weighted by Crippen LogP contribution is 2.32. The van der Waals surface area contributed by atoms with Crippen molar-refractivity contribution < 1.29 is 9.53 Å². The minimum Gasteiger partial charge on any atom is -0.493 e. The Bertz CT molecular complexity index is 1020. The third kappa shape index (κ3) is 2.96. The third-order valence-electron chi connectivity index (χ3n) is 4.81. The van der Waals surface area contributed by atoms with Gasteiger partial charge in [0.1, 0.15) is 5.75 Å². The summed E-state index contributed by atoms with van der Waals surface area (Å²) < 4.78 is 7.00. The number of nitrogens with zero attached hydrogens (tertiary/aromatic N) is 2. The molecule has 7 nitrogen and oxygen atoms in total. The number of amides is 1. The fourth-order valence-corrected chi connectivity index (χ4v) is 3.40. The summed E-state index contributed by atoms with van der Waals surface area (Å²) in [7, 11) is 0. The Labute approximate surface area is 150 Å². The van der Waals surface area contributed by atoms with E-state index >= 15 is 0 Å². The monoisotopic (exact) mass is 352 g/mol. The van der Waals surface area contributed by atoms with Crippen molar-refractivity contribution in [3.05, 3.63) is 63.7 Å². The number of para-hydroxylation sites is 1. The van der Waals surface area contributed by atoms with E-state index in [1.54, 1.807) is 19.2 Å². The van der Waals surface area contributed by atoms with Crippen LogP contribution in [0.4, 0.5) is 0 Å². The number of rotatable bonds is 4. The van der Waals surface area contributed by atoms with E-state index in [4.69, 9.17) is 4.74 Å². The van der Waals surface area contributed by atoms with Crippen LogP contribution < -0.4 is 15.6 Å². The van der Waals surface area contributed by atoms with Gasteiger partial charge >= 0.3 is 0 Å². The van der Waals surface area contributed by atoms with Gasteiger partial charge in [0.25, 0.3) is 5.56 Å². The van der Waals surface area contributed by atoms with Crippen LogP contribution in [0.1, 0.15) is 29.2 Å². The summed E-state index contributed by atoms with van der Waals surface area (Å²) in [6, 6.07) is 9.63. The number of H-pyrrole nitrogens is 1. The molecule has 0 bridgehead atoms. The summed E-state index contributed by atoms with van der Waals surface area (Å²) in [5.74, 6) is 0.922. The molecule has 0 saturated carbocycles. The van der Waals surface area contributed by atoms with Gasteiger partial charge in [0.05, 0.1) is 13.0 Å². The zero-order valence-corrected chi connectivity index (χ0v) is 14.5. The number of hydrogen-bond acceptors (Lipinski definition) is 4. The van der Waals surface area contributed by atoms with Crippen LogP contribution in [0.25, 0.3) is 5.65 Å². The van der Waals surface area contributed by atoms with E-state index in [-0.39, 0.29) is 23.8 Å². The van der Waals surface area contributed by atoms with Crippen molar-refractivity contribution >= 4 is 11.6 Å². The normalized spacial score (nSPS) is 16.1. The van der Waals surface area contributed by atoms with E-state index in [2.05, 4.69) is 15.4 Å². The van der Waals surface area contributed by atoms with Crippen LogP contribution in [0.2, 0.25) is 0 Å². The predicted molar refractivity (Wildman–Crippen MR) is 96.6 cm³/mol. The largest absolute Gasteiger partial charge is 0.493 e. The Balaban J connectivity index is 1.46. The van der Waals surface area contributed by atoms with Crippen LogP contribution >= 0.6 is 0 Å². The minimum absolute atomic E-state index is 0.0183. The molecule has 1 aromatic carbocycles. The number of benzene rings is 1. The average molecular weight is 352 g/mol. The first kappa shape index (κ1) is 16.4. The smallest absolute Gasteiger partial charge is 0.276 e. The third-order valence-corrected chi connectivity index (χ3v) is 4.81. The molecule has 134 valence electrons. The minimum atomic E-state index is -0.232. The molecule has 0 aliphatic carbocycles. The maximum absolute atomic E-state index is 12.5. The molecule has 1 aliphatic rings. The molecule has 2 N–H and O–H groups in total. The van der Waals surface area contributed by atoms with Gasteiger partial charge in [-0.2, -0.15) is 0 Å². The van der Waals surface area contributed by atoms with E-state index in [9.17, 15) is 9.59 Å². The highest BCUT2D eigenvalue weighted by Gasteiger charge is 2.22. The lowest BCUT2D eigenvalue weighted by molar-refractivity contribution is -0.120. The molecule has 2 aromatic heterocycles. The molecule has 4 rings (SSSR count). The fraction of sp³-hybridized carbons (Fsp3) is 0.316. The van der Waals surface area contributed by atoms with Crippen molar-refractivity contribution in [1.82, 2.24) is 19.9 Å². The standard InChI is InChI=1S/C19H20N4O3/c1-12-15(19(25)23-17(22-12)6-8-21-23)10-18(24)20-11-13-7-9-26-16-5-3-2-4-14(13)16/h2-6,8,13,21H,7,9-11H2,1H3,(H,20,24). The van der Waals surface area contributed by atoms with Gasteiger partial charge in [-0.05, 0) is 25.0 Å². The fourth-order valence-electron chi connectivity index (χ4n) is 3.40. The Morgan fingerprint density at radius 2 is 2.23 bits per heavy atom. The van der Waals surface area contributed by atoms with Crippen LogP contribution in [-0.2, 0) is 11.2 Å². The summed E-state index contributed by atoms with van der Waals surface area (Å²) in [4.78, 5) is 29.3. The topological polar surface area (TPSA) is 88.5 Å². The second kappa shape index (κ2) is 6.67. The summed E-state index contributed by atoms with van der Waals surface area (Å²) in [5.41, 5.74) is 2.43. The van der Waals surface area contributed by atoms with Crippen molar-refractivity contribution in [1.29, 1.82) is 0 Å². The Morgan fingerprint density at radius 3 is 3.12 bits per heavy atom. The van der Waals surface area contributed by atoms with E-state index in [1.807, 2.05) is 24.3 Å². The van der Waals surface area contributed by atoms with Crippen molar-refractivity contribution in [2.24, 2.45) is 0 Å². The zero-order valence-electron chi connectivity index (χ0n) is 14.5. The van der Waals surface area contributed by atoms with Crippen LogP contribution in [0.3, 0.4) is 0 Å². The van der Waals surface area contributed by atoms with Gasteiger partial charge in [-0.3, -0.25) is 14.7 Å². The molecule has 0 radical (unpaired) electrons. The summed E-state index contributed by atoms with van der Waals surface area (Å²) >= 11 is 0. The Morgan fingerprint density at radius 1 is 1.38 bits per heavy atom. The predicted octanol–water partition coefficient (Wildman–Crippen LogP) is 1.56. The number of carbonyl (C=O) groups excluding carboxylic acids is 1.